The molecule has 0 saturated heterocycles. The Morgan fingerprint density at radius 1 is 1.21 bits per heavy atom. The van der Waals surface area contributed by atoms with E-state index in [1.165, 1.54) is 0 Å². The molecule has 2 heteroatoms. The minimum Gasteiger partial charge on any atom is -0.496 e. The minimum atomic E-state index is 0.169. The van der Waals surface area contributed by atoms with Crippen LogP contribution < -0.4 is 4.74 Å². The topological polar surface area (TPSA) is 26.3 Å². The van der Waals surface area contributed by atoms with Crippen molar-refractivity contribution in [3.05, 3.63) is 29.3 Å². The van der Waals surface area contributed by atoms with Crippen LogP contribution in [0.25, 0.3) is 0 Å². The van der Waals surface area contributed by atoms with Gasteiger partial charge in [-0.3, -0.25) is 4.79 Å². The molecule has 0 heterocycles. The molecule has 3 unspecified atom stereocenters. The second-order valence-electron chi connectivity index (χ2n) is 6.03. The minimum absolute atomic E-state index is 0.169. The van der Waals surface area contributed by atoms with Gasteiger partial charge in [-0.05, 0) is 55.7 Å². The number of hydrogen-bond acceptors (Lipinski definition) is 2. The van der Waals surface area contributed by atoms with Crippen LogP contribution in [0.3, 0.4) is 0 Å². The predicted octanol–water partition coefficient (Wildman–Crippen LogP) is 4.26. The highest BCUT2D eigenvalue weighted by molar-refractivity contribution is 6.00. The molecule has 1 fully saturated rings. The van der Waals surface area contributed by atoms with Crippen LogP contribution in [-0.4, -0.2) is 12.9 Å². The van der Waals surface area contributed by atoms with E-state index in [0.29, 0.717) is 5.92 Å². The van der Waals surface area contributed by atoms with Gasteiger partial charge in [-0.25, -0.2) is 0 Å². The van der Waals surface area contributed by atoms with Gasteiger partial charge in [-0.1, -0.05) is 19.9 Å². The zero-order valence-corrected chi connectivity index (χ0v) is 12.4. The number of rotatable bonds is 3. The third-order valence-corrected chi connectivity index (χ3v) is 4.59. The first kappa shape index (κ1) is 14.1. The number of benzene rings is 1. The molecule has 1 saturated carbocycles. The van der Waals surface area contributed by atoms with E-state index in [1.807, 2.05) is 25.1 Å². The van der Waals surface area contributed by atoms with Crippen molar-refractivity contribution in [2.75, 3.05) is 7.11 Å². The number of ketones is 1. The van der Waals surface area contributed by atoms with Crippen LogP contribution in [0, 0.1) is 24.7 Å². The molecule has 0 radical (unpaired) electrons. The molecule has 0 aliphatic heterocycles. The number of Topliss-reactive ketones (excluding diaryl/α,β-unsaturated/α-hetero) is 1. The second kappa shape index (κ2) is 5.77. The number of hydrogen-bond donors (Lipinski definition) is 0. The Morgan fingerprint density at radius 2 is 1.95 bits per heavy atom. The van der Waals surface area contributed by atoms with Gasteiger partial charge in [0.25, 0.3) is 0 Å². The Morgan fingerprint density at radius 3 is 2.58 bits per heavy atom. The Labute approximate surface area is 116 Å². The molecular weight excluding hydrogens is 236 g/mol. The van der Waals surface area contributed by atoms with E-state index in [-0.39, 0.29) is 11.7 Å². The number of methoxy groups -OCH3 is 1. The van der Waals surface area contributed by atoms with E-state index < -0.39 is 0 Å². The zero-order valence-electron chi connectivity index (χ0n) is 12.4. The third-order valence-electron chi connectivity index (χ3n) is 4.59. The van der Waals surface area contributed by atoms with Crippen molar-refractivity contribution in [1.82, 2.24) is 0 Å². The van der Waals surface area contributed by atoms with Crippen molar-refractivity contribution in [2.24, 2.45) is 17.8 Å². The maximum atomic E-state index is 12.7. The fraction of sp³-hybridized carbons (Fsp3) is 0.588. The summed E-state index contributed by atoms with van der Waals surface area (Å²) in [7, 11) is 1.64. The Hall–Kier alpha value is -1.31. The number of ether oxygens (including phenoxy) is 1. The summed E-state index contributed by atoms with van der Waals surface area (Å²) < 4.78 is 5.37. The van der Waals surface area contributed by atoms with Gasteiger partial charge >= 0.3 is 0 Å². The van der Waals surface area contributed by atoms with Crippen molar-refractivity contribution in [2.45, 2.75) is 40.0 Å². The standard InChI is InChI=1S/C17H24O2/c1-11-5-8-15(16(9-11)19-4)17(18)14-7-6-12(2)13(3)10-14/h5,8-9,12-14H,6-7,10H2,1-4H3. The summed E-state index contributed by atoms with van der Waals surface area (Å²) in [5, 5.41) is 0. The van der Waals surface area contributed by atoms with Crippen molar-refractivity contribution < 1.29 is 9.53 Å². The Kier molecular flexibility index (Phi) is 4.28. The summed E-state index contributed by atoms with van der Waals surface area (Å²) in [6, 6.07) is 5.85. The fourth-order valence-electron chi connectivity index (χ4n) is 3.01. The van der Waals surface area contributed by atoms with Gasteiger partial charge in [0.05, 0.1) is 12.7 Å². The van der Waals surface area contributed by atoms with E-state index in [4.69, 9.17) is 4.74 Å². The molecule has 1 aromatic rings. The molecule has 2 nitrogen and oxygen atoms in total. The summed E-state index contributed by atoms with van der Waals surface area (Å²) in [6.07, 6.45) is 3.18. The fourth-order valence-corrected chi connectivity index (χ4v) is 3.01. The van der Waals surface area contributed by atoms with Crippen molar-refractivity contribution in [1.29, 1.82) is 0 Å². The monoisotopic (exact) mass is 260 g/mol. The van der Waals surface area contributed by atoms with E-state index in [1.54, 1.807) is 7.11 Å². The second-order valence-corrected chi connectivity index (χ2v) is 6.03. The molecule has 0 N–H and O–H groups in total. The first-order valence-corrected chi connectivity index (χ1v) is 7.21. The molecule has 2 rings (SSSR count). The lowest BCUT2D eigenvalue weighted by Crippen LogP contribution is -2.26. The van der Waals surface area contributed by atoms with Gasteiger partial charge in [-0.2, -0.15) is 0 Å². The van der Waals surface area contributed by atoms with Gasteiger partial charge < -0.3 is 4.74 Å². The highest BCUT2D eigenvalue weighted by atomic mass is 16.5. The van der Waals surface area contributed by atoms with Crippen LogP contribution in [0.4, 0.5) is 0 Å². The Balaban J connectivity index is 2.20. The van der Waals surface area contributed by atoms with Gasteiger partial charge in [-0.15, -0.1) is 0 Å². The van der Waals surface area contributed by atoms with Crippen LogP contribution in [0.15, 0.2) is 18.2 Å². The maximum absolute atomic E-state index is 12.7. The average Bonchev–Trinajstić information content (AvgIpc) is 2.41. The van der Waals surface area contributed by atoms with Crippen LogP contribution >= 0.6 is 0 Å². The first-order chi connectivity index (χ1) is 9.02. The predicted molar refractivity (Wildman–Crippen MR) is 77.7 cm³/mol. The molecular formula is C17H24O2. The highest BCUT2D eigenvalue weighted by Crippen LogP contribution is 2.36. The van der Waals surface area contributed by atoms with Crippen molar-refractivity contribution in [3.63, 3.8) is 0 Å². The molecule has 19 heavy (non-hydrogen) atoms. The maximum Gasteiger partial charge on any atom is 0.169 e. The van der Waals surface area contributed by atoms with Crippen LogP contribution in [0.5, 0.6) is 5.75 Å². The van der Waals surface area contributed by atoms with Gasteiger partial charge in [0.15, 0.2) is 5.78 Å². The van der Waals surface area contributed by atoms with E-state index >= 15 is 0 Å². The summed E-state index contributed by atoms with van der Waals surface area (Å²) >= 11 is 0. The molecule has 0 aromatic heterocycles. The first-order valence-electron chi connectivity index (χ1n) is 7.21. The number of carbonyl (C=O) groups excluding carboxylic acids is 1. The molecule has 0 bridgehead atoms. The van der Waals surface area contributed by atoms with Gasteiger partial charge in [0.2, 0.25) is 0 Å². The molecule has 0 amide bonds. The molecule has 104 valence electrons. The largest absolute Gasteiger partial charge is 0.496 e. The molecule has 3 atom stereocenters. The quantitative estimate of drug-likeness (QED) is 0.759. The van der Waals surface area contributed by atoms with E-state index in [9.17, 15) is 4.79 Å². The summed E-state index contributed by atoms with van der Waals surface area (Å²) in [4.78, 5) is 12.7. The van der Waals surface area contributed by atoms with Crippen molar-refractivity contribution in [3.8, 4) is 5.75 Å². The number of aryl methyl sites for hydroxylation is 1. The molecule has 1 aliphatic carbocycles. The van der Waals surface area contributed by atoms with Gasteiger partial charge in [0, 0.05) is 5.92 Å². The summed E-state index contributed by atoms with van der Waals surface area (Å²) in [6.45, 7) is 6.56. The van der Waals surface area contributed by atoms with E-state index in [2.05, 4.69) is 13.8 Å². The zero-order chi connectivity index (χ0) is 14.0. The normalized spacial score (nSPS) is 27.1. The van der Waals surface area contributed by atoms with Gasteiger partial charge in [0.1, 0.15) is 5.75 Å². The van der Waals surface area contributed by atoms with Crippen molar-refractivity contribution >= 4 is 5.78 Å². The lowest BCUT2D eigenvalue weighted by molar-refractivity contribution is 0.0834. The SMILES string of the molecule is COc1cc(C)ccc1C(=O)C1CCC(C)C(C)C1. The van der Waals surface area contributed by atoms with Crippen LogP contribution in [-0.2, 0) is 0 Å². The van der Waals surface area contributed by atoms with Crippen LogP contribution in [0.2, 0.25) is 0 Å². The highest BCUT2D eigenvalue weighted by Gasteiger charge is 2.30. The summed E-state index contributed by atoms with van der Waals surface area (Å²) in [5.41, 5.74) is 1.87. The molecule has 1 aromatic carbocycles. The lowest BCUT2D eigenvalue weighted by atomic mass is 9.73. The smallest absolute Gasteiger partial charge is 0.169 e. The van der Waals surface area contributed by atoms with Crippen LogP contribution in [0.1, 0.15) is 49.0 Å². The molecule has 0 spiro atoms. The third kappa shape index (κ3) is 2.99. The Bertz CT molecular complexity index is 464. The lowest BCUT2D eigenvalue weighted by Gasteiger charge is -2.31. The summed E-state index contributed by atoms with van der Waals surface area (Å²) in [5.74, 6) is 2.53. The number of carbonyl (C=O) groups is 1. The van der Waals surface area contributed by atoms with E-state index in [0.717, 1.165) is 42.1 Å². The average molecular weight is 260 g/mol. The molecule has 1 aliphatic rings.